The number of methoxy groups -OCH3 is 1. The molecule has 0 unspecified atom stereocenters. The summed E-state index contributed by atoms with van der Waals surface area (Å²) in [7, 11) is 3.71. The van der Waals surface area contributed by atoms with E-state index in [1.54, 1.807) is 7.11 Å². The smallest absolute Gasteiger partial charge is 0.194 e. The number of aryl methyl sites for hydroxylation is 1. The predicted molar refractivity (Wildman–Crippen MR) is 134 cm³/mol. The van der Waals surface area contributed by atoms with Crippen molar-refractivity contribution < 1.29 is 4.74 Å². The molecule has 8 nitrogen and oxygen atoms in total. The summed E-state index contributed by atoms with van der Waals surface area (Å²) in [6.07, 6.45) is 5.06. The van der Waals surface area contributed by atoms with Crippen LogP contribution in [0.15, 0.2) is 29.3 Å². The van der Waals surface area contributed by atoms with Crippen LogP contribution in [0.25, 0.3) is 0 Å². The van der Waals surface area contributed by atoms with E-state index in [-0.39, 0.29) is 24.0 Å². The molecule has 9 heteroatoms. The molecule has 1 aliphatic heterocycles. The SMILES string of the molecule is COc1cccc(N2CCN(C(=NCc3nnc(C)n3C)NC3CCCC3)CC2)c1.I. The number of halogens is 1. The molecule has 0 bridgehead atoms. The Morgan fingerprint density at radius 3 is 2.55 bits per heavy atom. The minimum Gasteiger partial charge on any atom is -0.497 e. The molecule has 1 saturated carbocycles. The minimum atomic E-state index is 0. The molecule has 2 aliphatic rings. The first-order chi connectivity index (χ1) is 14.6. The molecule has 31 heavy (non-hydrogen) atoms. The van der Waals surface area contributed by atoms with Crippen LogP contribution in [0.4, 0.5) is 5.69 Å². The van der Waals surface area contributed by atoms with Gasteiger partial charge in [0.25, 0.3) is 0 Å². The van der Waals surface area contributed by atoms with Crippen LogP contribution in [-0.4, -0.2) is 65.0 Å². The molecule has 0 spiro atoms. The van der Waals surface area contributed by atoms with Crippen LogP contribution in [0, 0.1) is 6.92 Å². The number of benzene rings is 1. The zero-order valence-electron chi connectivity index (χ0n) is 18.8. The van der Waals surface area contributed by atoms with Gasteiger partial charge in [0.15, 0.2) is 11.8 Å². The first-order valence-corrected chi connectivity index (χ1v) is 10.9. The van der Waals surface area contributed by atoms with Gasteiger partial charge in [0.05, 0.1) is 7.11 Å². The van der Waals surface area contributed by atoms with Crippen molar-refractivity contribution in [2.75, 3.05) is 38.2 Å². The normalized spacial score (nSPS) is 17.6. The highest BCUT2D eigenvalue weighted by atomic mass is 127. The molecule has 4 rings (SSSR count). The Bertz CT molecular complexity index is 870. The first-order valence-electron chi connectivity index (χ1n) is 10.9. The standard InChI is InChI=1S/C22H33N7O.HI/c1-17-25-26-21(27(17)2)16-23-22(24-18-7-4-5-8-18)29-13-11-28(12-14-29)19-9-6-10-20(15-19)30-3;/h6,9-10,15,18H,4-5,7-8,11-14,16H2,1-3H3,(H,23,24);1H. The molecule has 2 heterocycles. The van der Waals surface area contributed by atoms with Crippen LogP contribution in [0.2, 0.25) is 0 Å². The van der Waals surface area contributed by atoms with Gasteiger partial charge in [-0.1, -0.05) is 18.9 Å². The van der Waals surface area contributed by atoms with Crippen molar-refractivity contribution in [3.63, 3.8) is 0 Å². The third kappa shape index (κ3) is 5.81. The van der Waals surface area contributed by atoms with Gasteiger partial charge in [0, 0.05) is 51.0 Å². The summed E-state index contributed by atoms with van der Waals surface area (Å²) >= 11 is 0. The zero-order chi connectivity index (χ0) is 20.9. The van der Waals surface area contributed by atoms with Gasteiger partial charge in [0.1, 0.15) is 18.1 Å². The van der Waals surface area contributed by atoms with Crippen LogP contribution in [0.3, 0.4) is 0 Å². The predicted octanol–water partition coefficient (Wildman–Crippen LogP) is 2.96. The van der Waals surface area contributed by atoms with E-state index in [4.69, 9.17) is 9.73 Å². The minimum absolute atomic E-state index is 0. The van der Waals surface area contributed by atoms with Crippen LogP contribution in [0.1, 0.15) is 37.3 Å². The number of aromatic nitrogens is 3. The second-order valence-corrected chi connectivity index (χ2v) is 8.16. The average Bonchev–Trinajstić information content (AvgIpc) is 3.41. The summed E-state index contributed by atoms with van der Waals surface area (Å²) in [6, 6.07) is 8.84. The quantitative estimate of drug-likeness (QED) is 0.358. The molecule has 1 aliphatic carbocycles. The molecule has 1 aromatic carbocycles. The van der Waals surface area contributed by atoms with Gasteiger partial charge in [-0.25, -0.2) is 4.99 Å². The van der Waals surface area contributed by atoms with Gasteiger partial charge in [-0.2, -0.15) is 0 Å². The molecule has 0 amide bonds. The maximum Gasteiger partial charge on any atom is 0.194 e. The molecule has 1 aromatic heterocycles. The van der Waals surface area contributed by atoms with Gasteiger partial charge < -0.3 is 24.4 Å². The Morgan fingerprint density at radius 2 is 1.90 bits per heavy atom. The lowest BCUT2D eigenvalue weighted by molar-refractivity contribution is 0.364. The van der Waals surface area contributed by atoms with Crippen molar-refractivity contribution in [2.45, 2.75) is 45.2 Å². The Kier molecular flexibility index (Phi) is 8.39. The third-order valence-electron chi connectivity index (χ3n) is 6.24. The second-order valence-electron chi connectivity index (χ2n) is 8.16. The number of nitrogens with one attached hydrogen (secondary N) is 1. The van der Waals surface area contributed by atoms with Crippen molar-refractivity contribution in [1.29, 1.82) is 0 Å². The molecule has 2 aromatic rings. The maximum absolute atomic E-state index is 5.39. The van der Waals surface area contributed by atoms with Gasteiger partial charge in [-0.3, -0.25) is 0 Å². The number of ether oxygens (including phenoxy) is 1. The second kappa shape index (κ2) is 11.0. The van der Waals surface area contributed by atoms with Gasteiger partial charge in [-0.05, 0) is 31.9 Å². The summed E-state index contributed by atoms with van der Waals surface area (Å²) in [5, 5.41) is 12.2. The Labute approximate surface area is 202 Å². The fraction of sp³-hybridized carbons (Fsp3) is 0.591. The van der Waals surface area contributed by atoms with E-state index in [0.29, 0.717) is 12.6 Å². The highest BCUT2D eigenvalue weighted by molar-refractivity contribution is 14.0. The molecule has 170 valence electrons. The van der Waals surface area contributed by atoms with Crippen LogP contribution in [0.5, 0.6) is 5.75 Å². The monoisotopic (exact) mass is 539 g/mol. The van der Waals surface area contributed by atoms with Crippen molar-refractivity contribution >= 4 is 35.6 Å². The van der Waals surface area contributed by atoms with E-state index in [1.807, 2.05) is 24.6 Å². The Hall–Kier alpha value is -2.04. The molecule has 0 atom stereocenters. The number of nitrogens with zero attached hydrogens (tertiary/aromatic N) is 6. The number of rotatable bonds is 5. The third-order valence-corrected chi connectivity index (χ3v) is 6.24. The Morgan fingerprint density at radius 1 is 1.16 bits per heavy atom. The molecule has 2 fully saturated rings. The number of hydrogen-bond acceptors (Lipinski definition) is 5. The van der Waals surface area contributed by atoms with E-state index >= 15 is 0 Å². The lowest BCUT2D eigenvalue weighted by Crippen LogP contribution is -2.54. The highest BCUT2D eigenvalue weighted by Crippen LogP contribution is 2.23. The van der Waals surface area contributed by atoms with E-state index in [9.17, 15) is 0 Å². The van der Waals surface area contributed by atoms with Crippen molar-refractivity contribution in [1.82, 2.24) is 25.0 Å². The van der Waals surface area contributed by atoms with Gasteiger partial charge in [0.2, 0.25) is 0 Å². The summed E-state index contributed by atoms with van der Waals surface area (Å²) in [5.41, 5.74) is 1.21. The van der Waals surface area contributed by atoms with E-state index in [2.05, 4.69) is 43.5 Å². The first kappa shape index (κ1) is 23.6. The fourth-order valence-electron chi connectivity index (χ4n) is 4.21. The topological polar surface area (TPSA) is 70.8 Å². The summed E-state index contributed by atoms with van der Waals surface area (Å²) in [6.45, 7) is 6.31. The van der Waals surface area contributed by atoms with Gasteiger partial charge >= 0.3 is 0 Å². The van der Waals surface area contributed by atoms with Crippen LogP contribution < -0.4 is 15.0 Å². The van der Waals surface area contributed by atoms with Gasteiger partial charge in [-0.15, -0.1) is 34.2 Å². The van der Waals surface area contributed by atoms with Crippen molar-refractivity contribution in [2.24, 2.45) is 12.0 Å². The maximum atomic E-state index is 5.39. The van der Waals surface area contributed by atoms with Crippen molar-refractivity contribution in [3.8, 4) is 5.75 Å². The number of guanidine groups is 1. The largest absolute Gasteiger partial charge is 0.497 e. The molecular formula is C22H34IN7O. The number of aliphatic imine (C=N–C) groups is 1. The molecular weight excluding hydrogens is 505 g/mol. The van der Waals surface area contributed by atoms with Crippen LogP contribution in [-0.2, 0) is 13.6 Å². The van der Waals surface area contributed by atoms with E-state index in [1.165, 1.54) is 31.4 Å². The number of piperazine rings is 1. The van der Waals surface area contributed by atoms with Crippen molar-refractivity contribution in [3.05, 3.63) is 35.9 Å². The molecule has 1 saturated heterocycles. The lowest BCUT2D eigenvalue weighted by atomic mass is 10.2. The summed E-state index contributed by atoms with van der Waals surface area (Å²) in [5.74, 6) is 3.72. The summed E-state index contributed by atoms with van der Waals surface area (Å²) in [4.78, 5) is 9.75. The molecule has 0 radical (unpaired) electrons. The van der Waals surface area contributed by atoms with E-state index in [0.717, 1.165) is 49.5 Å². The number of hydrogen-bond donors (Lipinski definition) is 1. The van der Waals surface area contributed by atoms with E-state index < -0.39 is 0 Å². The zero-order valence-corrected chi connectivity index (χ0v) is 21.1. The highest BCUT2D eigenvalue weighted by Gasteiger charge is 2.24. The van der Waals surface area contributed by atoms with Crippen LogP contribution >= 0.6 is 24.0 Å². The Balaban J connectivity index is 0.00000272. The molecule has 1 N–H and O–H groups in total. The fourth-order valence-corrected chi connectivity index (χ4v) is 4.21. The average molecular weight is 539 g/mol. The lowest BCUT2D eigenvalue weighted by Gasteiger charge is -2.38. The summed E-state index contributed by atoms with van der Waals surface area (Å²) < 4.78 is 7.40. The number of anilines is 1.